The van der Waals surface area contributed by atoms with Gasteiger partial charge >= 0.3 is 0 Å². The largest absolute Gasteiger partial charge is 0.326 e. The Morgan fingerprint density at radius 3 is 2.73 bits per heavy atom. The molecule has 1 aliphatic rings. The molecule has 2 N–H and O–H groups in total. The second kappa shape index (κ2) is 4.77. The van der Waals surface area contributed by atoms with Crippen LogP contribution in [0.4, 0.5) is 0 Å². The third-order valence-electron chi connectivity index (χ3n) is 3.35. The third-order valence-corrected chi connectivity index (χ3v) is 3.35. The Balaban J connectivity index is 1.91. The van der Waals surface area contributed by atoms with Gasteiger partial charge in [-0.15, -0.1) is 0 Å². The van der Waals surface area contributed by atoms with Crippen molar-refractivity contribution in [2.24, 2.45) is 11.7 Å². The molecule has 15 heavy (non-hydrogen) atoms. The number of likely N-dealkylation sites (tertiary alicyclic amines) is 1. The average molecular weight is 204 g/mol. The van der Waals surface area contributed by atoms with Crippen molar-refractivity contribution >= 4 is 0 Å². The van der Waals surface area contributed by atoms with Crippen LogP contribution in [0.25, 0.3) is 0 Å². The summed E-state index contributed by atoms with van der Waals surface area (Å²) in [5.41, 5.74) is 7.47. The summed E-state index contributed by atoms with van der Waals surface area (Å²) in [7, 11) is 0. The highest BCUT2D eigenvalue weighted by Crippen LogP contribution is 2.17. The minimum Gasteiger partial charge on any atom is -0.326 e. The fourth-order valence-electron chi connectivity index (χ4n) is 2.15. The Bertz CT molecular complexity index is 297. The average Bonchev–Trinajstić information content (AvgIpc) is 2.25. The molecule has 2 heteroatoms. The molecule has 2 nitrogen and oxygen atoms in total. The smallest absolute Gasteiger partial charge is 0.0234 e. The fraction of sp³-hybridized carbons (Fsp3) is 0.538. The highest BCUT2D eigenvalue weighted by atomic mass is 15.1. The van der Waals surface area contributed by atoms with Gasteiger partial charge in [-0.25, -0.2) is 0 Å². The van der Waals surface area contributed by atoms with Gasteiger partial charge in [-0.2, -0.15) is 0 Å². The van der Waals surface area contributed by atoms with Crippen LogP contribution in [-0.2, 0) is 6.54 Å². The Hall–Kier alpha value is -0.860. The molecule has 0 radical (unpaired) electrons. The normalized spacial score (nSPS) is 27.9. The molecule has 82 valence electrons. The van der Waals surface area contributed by atoms with E-state index in [9.17, 15) is 0 Å². The van der Waals surface area contributed by atoms with Gasteiger partial charge < -0.3 is 5.73 Å². The van der Waals surface area contributed by atoms with E-state index in [2.05, 4.69) is 42.2 Å². The van der Waals surface area contributed by atoms with E-state index >= 15 is 0 Å². The molecule has 1 aromatic rings. The van der Waals surface area contributed by atoms with Crippen molar-refractivity contribution in [3.63, 3.8) is 0 Å². The van der Waals surface area contributed by atoms with Gasteiger partial charge in [0, 0.05) is 19.1 Å². The maximum Gasteiger partial charge on any atom is 0.0234 e. The summed E-state index contributed by atoms with van der Waals surface area (Å²) in [6.45, 7) is 5.52. The second-order valence-corrected chi connectivity index (χ2v) is 4.65. The standard InChI is InChI=1S/C13H20N2/c1-11-7-8-15(10-13(11)14)9-12-5-3-2-4-6-12/h2-6,11,13H,7-10,14H2,1H3/t11-,13-/m1/s1. The zero-order valence-electron chi connectivity index (χ0n) is 9.39. The minimum atomic E-state index is 0.350. The lowest BCUT2D eigenvalue weighted by Crippen LogP contribution is -2.47. The highest BCUT2D eigenvalue weighted by Gasteiger charge is 2.22. The quantitative estimate of drug-likeness (QED) is 0.796. The zero-order valence-corrected chi connectivity index (χ0v) is 9.39. The highest BCUT2D eigenvalue weighted by molar-refractivity contribution is 5.14. The second-order valence-electron chi connectivity index (χ2n) is 4.65. The fourth-order valence-corrected chi connectivity index (χ4v) is 2.15. The van der Waals surface area contributed by atoms with Gasteiger partial charge in [0.15, 0.2) is 0 Å². The summed E-state index contributed by atoms with van der Waals surface area (Å²) in [6, 6.07) is 11.0. The summed E-state index contributed by atoms with van der Waals surface area (Å²) in [6.07, 6.45) is 1.23. The Labute approximate surface area is 92.1 Å². The van der Waals surface area contributed by atoms with Crippen molar-refractivity contribution in [3.05, 3.63) is 35.9 Å². The number of hydrogen-bond donors (Lipinski definition) is 1. The molecule has 0 unspecified atom stereocenters. The summed E-state index contributed by atoms with van der Waals surface area (Å²) in [4.78, 5) is 2.46. The number of hydrogen-bond acceptors (Lipinski definition) is 2. The zero-order chi connectivity index (χ0) is 10.7. The van der Waals surface area contributed by atoms with Crippen LogP contribution < -0.4 is 5.73 Å². The first-order valence-corrected chi connectivity index (χ1v) is 5.77. The SMILES string of the molecule is C[C@@H]1CCN(Cc2ccccc2)C[C@H]1N. The Morgan fingerprint density at radius 1 is 1.33 bits per heavy atom. The first-order valence-electron chi connectivity index (χ1n) is 5.77. The summed E-state index contributed by atoms with van der Waals surface area (Å²) in [5, 5.41) is 0. The van der Waals surface area contributed by atoms with Crippen LogP contribution in [0.1, 0.15) is 18.9 Å². The minimum absolute atomic E-state index is 0.350. The van der Waals surface area contributed by atoms with Crippen LogP contribution in [-0.4, -0.2) is 24.0 Å². The van der Waals surface area contributed by atoms with Crippen LogP contribution in [0.2, 0.25) is 0 Å². The van der Waals surface area contributed by atoms with Crippen molar-refractivity contribution in [2.75, 3.05) is 13.1 Å². The lowest BCUT2D eigenvalue weighted by Gasteiger charge is -2.35. The molecule has 1 heterocycles. The van der Waals surface area contributed by atoms with Crippen LogP contribution in [0.5, 0.6) is 0 Å². The molecule has 0 aliphatic carbocycles. The van der Waals surface area contributed by atoms with Crippen LogP contribution in [0.3, 0.4) is 0 Å². The van der Waals surface area contributed by atoms with Crippen LogP contribution in [0.15, 0.2) is 30.3 Å². The molecular weight excluding hydrogens is 184 g/mol. The number of rotatable bonds is 2. The molecule has 1 saturated heterocycles. The number of benzene rings is 1. The predicted octanol–water partition coefficient (Wildman–Crippen LogP) is 1.86. The van der Waals surface area contributed by atoms with Crippen molar-refractivity contribution < 1.29 is 0 Å². The van der Waals surface area contributed by atoms with E-state index in [1.54, 1.807) is 0 Å². The molecule has 0 saturated carbocycles. The van der Waals surface area contributed by atoms with E-state index in [1.807, 2.05) is 0 Å². The van der Waals surface area contributed by atoms with Crippen LogP contribution >= 0.6 is 0 Å². The van der Waals surface area contributed by atoms with Gasteiger partial charge in [0.05, 0.1) is 0 Å². The van der Waals surface area contributed by atoms with Crippen molar-refractivity contribution in [1.29, 1.82) is 0 Å². The van der Waals surface area contributed by atoms with Gasteiger partial charge in [-0.1, -0.05) is 37.3 Å². The van der Waals surface area contributed by atoms with E-state index in [1.165, 1.54) is 18.5 Å². The molecule has 1 aliphatic heterocycles. The summed E-state index contributed by atoms with van der Waals surface area (Å²) >= 11 is 0. The number of nitrogens with zero attached hydrogens (tertiary/aromatic N) is 1. The van der Waals surface area contributed by atoms with E-state index in [4.69, 9.17) is 5.73 Å². The Kier molecular flexibility index (Phi) is 3.39. The lowest BCUT2D eigenvalue weighted by molar-refractivity contribution is 0.162. The summed E-state index contributed by atoms with van der Waals surface area (Å²) < 4.78 is 0. The molecule has 0 bridgehead atoms. The van der Waals surface area contributed by atoms with Gasteiger partial charge in [-0.3, -0.25) is 4.90 Å². The molecule has 2 rings (SSSR count). The third kappa shape index (κ3) is 2.80. The first kappa shape index (κ1) is 10.7. The Morgan fingerprint density at radius 2 is 2.07 bits per heavy atom. The molecule has 1 fully saturated rings. The molecule has 0 aromatic heterocycles. The van der Waals surface area contributed by atoms with E-state index < -0.39 is 0 Å². The van der Waals surface area contributed by atoms with E-state index in [-0.39, 0.29) is 0 Å². The van der Waals surface area contributed by atoms with Gasteiger partial charge in [0.1, 0.15) is 0 Å². The van der Waals surface area contributed by atoms with Crippen molar-refractivity contribution in [3.8, 4) is 0 Å². The van der Waals surface area contributed by atoms with Gasteiger partial charge in [0.2, 0.25) is 0 Å². The van der Waals surface area contributed by atoms with Crippen LogP contribution in [0, 0.1) is 5.92 Å². The first-order chi connectivity index (χ1) is 7.25. The molecule has 2 atom stereocenters. The maximum atomic E-state index is 6.08. The van der Waals surface area contributed by atoms with Crippen molar-refractivity contribution in [2.45, 2.75) is 25.9 Å². The van der Waals surface area contributed by atoms with Crippen molar-refractivity contribution in [1.82, 2.24) is 4.90 Å². The monoisotopic (exact) mass is 204 g/mol. The molecule has 1 aromatic carbocycles. The topological polar surface area (TPSA) is 29.3 Å². The molecule has 0 spiro atoms. The van der Waals surface area contributed by atoms with E-state index in [0.717, 1.165) is 13.1 Å². The predicted molar refractivity (Wildman–Crippen MR) is 63.5 cm³/mol. The molecule has 0 amide bonds. The number of piperidine rings is 1. The molecular formula is C13H20N2. The van der Waals surface area contributed by atoms with Gasteiger partial charge in [-0.05, 0) is 24.4 Å². The van der Waals surface area contributed by atoms with E-state index in [0.29, 0.717) is 12.0 Å². The lowest BCUT2D eigenvalue weighted by atomic mass is 9.94. The van der Waals surface area contributed by atoms with Gasteiger partial charge in [0.25, 0.3) is 0 Å². The maximum absolute atomic E-state index is 6.08. The number of nitrogens with two attached hydrogens (primary N) is 1. The summed E-state index contributed by atoms with van der Waals surface area (Å²) in [5.74, 6) is 0.678.